The highest BCUT2D eigenvalue weighted by molar-refractivity contribution is 5.94. The van der Waals surface area contributed by atoms with Crippen LogP contribution >= 0.6 is 0 Å². The summed E-state index contributed by atoms with van der Waals surface area (Å²) in [6, 6.07) is 25.5. The Kier molecular flexibility index (Phi) is 6.18. The van der Waals surface area contributed by atoms with E-state index in [1.54, 1.807) is 7.11 Å². The fourth-order valence-corrected chi connectivity index (χ4v) is 3.57. The van der Waals surface area contributed by atoms with Crippen molar-refractivity contribution in [3.63, 3.8) is 0 Å². The van der Waals surface area contributed by atoms with Gasteiger partial charge in [0.15, 0.2) is 0 Å². The quantitative estimate of drug-likeness (QED) is 0.619. The summed E-state index contributed by atoms with van der Waals surface area (Å²) in [5.74, 6) is 1.78. The molecule has 1 saturated heterocycles. The van der Waals surface area contributed by atoms with Crippen molar-refractivity contribution in [3.05, 3.63) is 90.0 Å². The Bertz CT molecular complexity index is 948. The molecule has 0 aliphatic carbocycles. The summed E-state index contributed by atoms with van der Waals surface area (Å²) in [4.78, 5) is 17.1. The van der Waals surface area contributed by atoms with Crippen LogP contribution in [0.15, 0.2) is 78.9 Å². The second-order valence-electron chi connectivity index (χ2n) is 7.28. The van der Waals surface area contributed by atoms with Crippen LogP contribution in [0.1, 0.15) is 15.9 Å². The van der Waals surface area contributed by atoms with Crippen LogP contribution in [-0.4, -0.2) is 44.1 Å². The van der Waals surface area contributed by atoms with Gasteiger partial charge in [0.25, 0.3) is 5.91 Å². The molecular weight excluding hydrogens is 376 g/mol. The summed E-state index contributed by atoms with van der Waals surface area (Å²) in [7, 11) is 1.67. The lowest BCUT2D eigenvalue weighted by Crippen LogP contribution is -2.48. The molecule has 5 nitrogen and oxygen atoms in total. The predicted molar refractivity (Wildman–Crippen MR) is 118 cm³/mol. The number of carbonyl (C=O) groups excluding carboxylic acids is 1. The molecule has 0 N–H and O–H groups in total. The number of ether oxygens (including phenoxy) is 2. The van der Waals surface area contributed by atoms with E-state index in [2.05, 4.69) is 17.0 Å². The number of benzene rings is 3. The van der Waals surface area contributed by atoms with Gasteiger partial charge >= 0.3 is 0 Å². The molecule has 1 heterocycles. The third-order valence-electron chi connectivity index (χ3n) is 5.35. The molecule has 0 saturated carbocycles. The Hall–Kier alpha value is -3.47. The van der Waals surface area contributed by atoms with Crippen LogP contribution in [0.3, 0.4) is 0 Å². The van der Waals surface area contributed by atoms with Gasteiger partial charge in [-0.2, -0.15) is 0 Å². The lowest BCUT2D eigenvalue weighted by Gasteiger charge is -2.36. The first-order valence-electron chi connectivity index (χ1n) is 10.2. The summed E-state index contributed by atoms with van der Waals surface area (Å²) in [5.41, 5.74) is 2.92. The Morgan fingerprint density at radius 1 is 0.800 bits per heavy atom. The van der Waals surface area contributed by atoms with E-state index in [-0.39, 0.29) is 5.91 Å². The Labute approximate surface area is 177 Å². The molecule has 0 bridgehead atoms. The predicted octanol–water partition coefficient (Wildman–Crippen LogP) is 4.24. The molecule has 0 radical (unpaired) electrons. The van der Waals surface area contributed by atoms with Crippen LogP contribution in [0, 0.1) is 0 Å². The van der Waals surface area contributed by atoms with Crippen molar-refractivity contribution in [3.8, 4) is 11.5 Å². The fourth-order valence-electron chi connectivity index (χ4n) is 3.57. The maximum atomic E-state index is 12.9. The van der Waals surface area contributed by atoms with Gasteiger partial charge in [-0.05, 0) is 54.1 Å². The minimum absolute atomic E-state index is 0.0832. The molecule has 5 heteroatoms. The SMILES string of the molecule is COc1ccc(N2CCN(C(=O)c3ccc(COc4ccccc4)cc3)CC2)cc1. The standard InChI is InChI=1S/C25H26N2O3/c1-29-23-13-11-22(12-14-23)26-15-17-27(18-16-26)25(28)21-9-7-20(8-10-21)19-30-24-5-3-2-4-6-24/h2-14H,15-19H2,1H3. The van der Waals surface area contributed by atoms with Crippen molar-refractivity contribution >= 4 is 11.6 Å². The third-order valence-corrected chi connectivity index (χ3v) is 5.35. The second-order valence-corrected chi connectivity index (χ2v) is 7.28. The number of hydrogen-bond acceptors (Lipinski definition) is 4. The average molecular weight is 402 g/mol. The average Bonchev–Trinajstić information content (AvgIpc) is 2.83. The monoisotopic (exact) mass is 402 g/mol. The van der Waals surface area contributed by atoms with Gasteiger partial charge in [0, 0.05) is 37.4 Å². The van der Waals surface area contributed by atoms with Crippen LogP contribution in [0.2, 0.25) is 0 Å². The lowest BCUT2D eigenvalue weighted by molar-refractivity contribution is 0.0746. The van der Waals surface area contributed by atoms with Gasteiger partial charge in [0.05, 0.1) is 7.11 Å². The number of carbonyl (C=O) groups is 1. The highest BCUT2D eigenvalue weighted by atomic mass is 16.5. The maximum Gasteiger partial charge on any atom is 0.253 e. The van der Waals surface area contributed by atoms with E-state index in [0.717, 1.165) is 41.4 Å². The Morgan fingerprint density at radius 2 is 1.47 bits per heavy atom. The molecule has 0 aromatic heterocycles. The van der Waals surface area contributed by atoms with Crippen molar-refractivity contribution in [1.82, 2.24) is 4.90 Å². The van der Waals surface area contributed by atoms with Gasteiger partial charge in [-0.3, -0.25) is 4.79 Å². The molecule has 0 atom stereocenters. The highest BCUT2D eigenvalue weighted by Crippen LogP contribution is 2.21. The van der Waals surface area contributed by atoms with Gasteiger partial charge in [0.2, 0.25) is 0 Å². The smallest absolute Gasteiger partial charge is 0.253 e. The maximum absolute atomic E-state index is 12.9. The van der Waals surface area contributed by atoms with Crippen molar-refractivity contribution in [2.75, 3.05) is 38.2 Å². The number of hydrogen-bond donors (Lipinski definition) is 0. The van der Waals surface area contributed by atoms with E-state index in [1.165, 1.54) is 0 Å². The number of nitrogens with zero attached hydrogens (tertiary/aromatic N) is 2. The van der Waals surface area contributed by atoms with Crippen molar-refractivity contribution < 1.29 is 14.3 Å². The van der Waals surface area contributed by atoms with Crippen LogP contribution in [0.5, 0.6) is 11.5 Å². The summed E-state index contributed by atoms with van der Waals surface area (Å²) >= 11 is 0. The normalized spacial score (nSPS) is 13.8. The Morgan fingerprint density at radius 3 is 2.10 bits per heavy atom. The first kappa shape index (κ1) is 19.8. The van der Waals surface area contributed by atoms with Gasteiger partial charge in [0.1, 0.15) is 18.1 Å². The van der Waals surface area contributed by atoms with Crippen molar-refractivity contribution in [2.45, 2.75) is 6.61 Å². The van der Waals surface area contributed by atoms with E-state index < -0.39 is 0 Å². The molecule has 0 spiro atoms. The van der Waals surface area contributed by atoms with Crippen molar-refractivity contribution in [2.24, 2.45) is 0 Å². The van der Waals surface area contributed by atoms with Gasteiger partial charge in [-0.1, -0.05) is 30.3 Å². The van der Waals surface area contributed by atoms with E-state index >= 15 is 0 Å². The van der Waals surface area contributed by atoms with Gasteiger partial charge in [-0.15, -0.1) is 0 Å². The van der Waals surface area contributed by atoms with Gasteiger partial charge in [-0.25, -0.2) is 0 Å². The Balaban J connectivity index is 1.30. The molecule has 1 aliphatic rings. The van der Waals surface area contributed by atoms with Crippen LogP contribution in [-0.2, 0) is 6.61 Å². The topological polar surface area (TPSA) is 42.0 Å². The molecule has 154 valence electrons. The first-order chi connectivity index (χ1) is 14.7. The molecule has 1 aliphatic heterocycles. The fraction of sp³-hybridized carbons (Fsp3) is 0.240. The van der Waals surface area contributed by atoms with Crippen LogP contribution in [0.25, 0.3) is 0 Å². The van der Waals surface area contributed by atoms with Crippen LogP contribution < -0.4 is 14.4 Å². The molecule has 0 unspecified atom stereocenters. The largest absolute Gasteiger partial charge is 0.497 e. The summed E-state index contributed by atoms with van der Waals surface area (Å²) in [6.45, 7) is 3.55. The molecule has 30 heavy (non-hydrogen) atoms. The first-order valence-corrected chi connectivity index (χ1v) is 10.2. The van der Waals surface area contributed by atoms with E-state index in [0.29, 0.717) is 19.7 Å². The molecule has 3 aromatic carbocycles. The molecular formula is C25H26N2O3. The van der Waals surface area contributed by atoms with Crippen LogP contribution in [0.4, 0.5) is 5.69 Å². The number of anilines is 1. The van der Waals surface area contributed by atoms with Crippen molar-refractivity contribution in [1.29, 1.82) is 0 Å². The number of methoxy groups -OCH3 is 1. The molecule has 1 amide bonds. The number of piperazine rings is 1. The zero-order valence-corrected chi connectivity index (χ0v) is 17.2. The van der Waals surface area contributed by atoms with Gasteiger partial charge < -0.3 is 19.3 Å². The minimum Gasteiger partial charge on any atom is -0.497 e. The zero-order chi connectivity index (χ0) is 20.8. The molecule has 4 rings (SSSR count). The number of rotatable bonds is 6. The lowest BCUT2D eigenvalue weighted by atomic mass is 10.1. The van der Waals surface area contributed by atoms with E-state index in [4.69, 9.17) is 9.47 Å². The zero-order valence-electron chi connectivity index (χ0n) is 17.2. The minimum atomic E-state index is 0.0832. The summed E-state index contributed by atoms with van der Waals surface area (Å²) in [5, 5.41) is 0. The summed E-state index contributed by atoms with van der Waals surface area (Å²) < 4.78 is 11.0. The number of para-hydroxylation sites is 1. The third kappa shape index (κ3) is 4.74. The van der Waals surface area contributed by atoms with E-state index in [9.17, 15) is 4.79 Å². The second kappa shape index (κ2) is 9.35. The molecule has 1 fully saturated rings. The van der Waals surface area contributed by atoms with E-state index in [1.807, 2.05) is 71.6 Å². The number of amides is 1. The highest BCUT2D eigenvalue weighted by Gasteiger charge is 2.22. The molecule has 3 aromatic rings. The summed E-state index contributed by atoms with van der Waals surface area (Å²) in [6.07, 6.45) is 0.